The minimum absolute atomic E-state index is 0.135. The van der Waals surface area contributed by atoms with Crippen LogP contribution < -0.4 is 5.32 Å². The number of nitrogens with zero attached hydrogens (tertiary/aromatic N) is 5. The van der Waals surface area contributed by atoms with Crippen molar-refractivity contribution in [3.63, 3.8) is 0 Å². The van der Waals surface area contributed by atoms with E-state index in [1.807, 2.05) is 12.1 Å². The van der Waals surface area contributed by atoms with Gasteiger partial charge in [0.2, 0.25) is 0 Å². The van der Waals surface area contributed by atoms with Gasteiger partial charge in [0, 0.05) is 30.6 Å². The van der Waals surface area contributed by atoms with Crippen LogP contribution in [0.5, 0.6) is 0 Å². The second-order valence-corrected chi connectivity index (χ2v) is 9.10. The summed E-state index contributed by atoms with van der Waals surface area (Å²) in [6, 6.07) is 7.18. The zero-order valence-electron chi connectivity index (χ0n) is 17.9. The number of rotatable bonds is 5. The van der Waals surface area contributed by atoms with Crippen molar-refractivity contribution in [1.82, 2.24) is 30.2 Å². The van der Waals surface area contributed by atoms with Crippen molar-refractivity contribution in [2.24, 2.45) is 7.05 Å². The van der Waals surface area contributed by atoms with Crippen molar-refractivity contribution >= 4 is 45.4 Å². The summed E-state index contributed by atoms with van der Waals surface area (Å²) in [6.45, 7) is 0. The van der Waals surface area contributed by atoms with Crippen LogP contribution in [0.1, 0.15) is 26.5 Å². The minimum Gasteiger partial charge on any atom is -0.321 e. The molecular weight excluding hydrogens is 503 g/mol. The van der Waals surface area contributed by atoms with E-state index in [4.69, 9.17) is 11.6 Å². The van der Waals surface area contributed by atoms with Gasteiger partial charge in [-0.3, -0.25) is 14.6 Å². The third kappa shape index (κ3) is 4.62. The predicted molar refractivity (Wildman–Crippen MR) is 125 cm³/mol. The molecule has 0 atom stereocenters. The van der Waals surface area contributed by atoms with E-state index < -0.39 is 17.6 Å². The van der Waals surface area contributed by atoms with Gasteiger partial charge in [0.05, 0.1) is 39.7 Å². The van der Waals surface area contributed by atoms with Crippen LogP contribution in [-0.2, 0) is 19.6 Å². The average Bonchev–Trinajstić information content (AvgIpc) is 3.56. The van der Waals surface area contributed by atoms with Gasteiger partial charge in [-0.15, -0.1) is 10.2 Å². The number of halogens is 4. The second-order valence-electron chi connectivity index (χ2n) is 7.66. The van der Waals surface area contributed by atoms with Crippen LogP contribution in [0, 0.1) is 0 Å². The fourth-order valence-electron chi connectivity index (χ4n) is 3.53. The normalized spacial score (nSPS) is 11.8. The van der Waals surface area contributed by atoms with Crippen LogP contribution in [0.2, 0.25) is 5.02 Å². The number of aryl methyl sites for hydroxylation is 1. The molecule has 0 aliphatic rings. The molecule has 2 N–H and O–H groups in total. The number of carbonyl (C=O) groups is 1. The average molecular weight is 518 g/mol. The maximum atomic E-state index is 13.6. The molecular formula is C22H15ClF3N7OS. The Hall–Kier alpha value is -3.77. The predicted octanol–water partition coefficient (Wildman–Crippen LogP) is 5.33. The Morgan fingerprint density at radius 3 is 2.77 bits per heavy atom. The molecule has 5 aromatic rings. The van der Waals surface area contributed by atoms with Gasteiger partial charge in [-0.2, -0.15) is 23.4 Å². The van der Waals surface area contributed by atoms with E-state index in [0.29, 0.717) is 27.0 Å². The van der Waals surface area contributed by atoms with Crippen LogP contribution in [0.4, 0.5) is 18.9 Å². The van der Waals surface area contributed by atoms with E-state index >= 15 is 0 Å². The molecule has 13 heteroatoms. The van der Waals surface area contributed by atoms with Gasteiger partial charge in [-0.25, -0.2) is 0 Å². The van der Waals surface area contributed by atoms with Gasteiger partial charge < -0.3 is 5.32 Å². The molecule has 1 amide bonds. The molecule has 0 spiro atoms. The van der Waals surface area contributed by atoms with Gasteiger partial charge >= 0.3 is 6.18 Å². The molecule has 0 aliphatic heterocycles. The number of carbonyl (C=O) groups excluding carboxylic acids is 1. The lowest BCUT2D eigenvalue weighted by atomic mass is 10.1. The summed E-state index contributed by atoms with van der Waals surface area (Å²) in [5.41, 5.74) is 0.801. The molecule has 178 valence electrons. The smallest absolute Gasteiger partial charge is 0.321 e. The van der Waals surface area contributed by atoms with E-state index in [1.165, 1.54) is 40.5 Å². The lowest BCUT2D eigenvalue weighted by molar-refractivity contribution is -0.136. The maximum Gasteiger partial charge on any atom is 0.418 e. The molecule has 0 saturated carbocycles. The highest BCUT2D eigenvalue weighted by Crippen LogP contribution is 2.38. The summed E-state index contributed by atoms with van der Waals surface area (Å²) in [5.74, 6) is -0.706. The Morgan fingerprint density at radius 1 is 1.20 bits per heavy atom. The largest absolute Gasteiger partial charge is 0.418 e. The Bertz CT molecular complexity index is 1560. The number of anilines is 1. The van der Waals surface area contributed by atoms with Crippen molar-refractivity contribution in [1.29, 1.82) is 0 Å². The van der Waals surface area contributed by atoms with E-state index in [-0.39, 0.29) is 11.3 Å². The number of nitrogens with one attached hydrogen (secondary N) is 2. The quantitative estimate of drug-likeness (QED) is 0.328. The molecule has 0 saturated heterocycles. The molecule has 35 heavy (non-hydrogen) atoms. The van der Waals surface area contributed by atoms with E-state index in [0.717, 1.165) is 22.5 Å². The number of benzene rings is 2. The summed E-state index contributed by atoms with van der Waals surface area (Å²) in [6.07, 6.45) is 0.0505. The molecule has 0 aliphatic carbocycles. The van der Waals surface area contributed by atoms with Gasteiger partial charge in [-0.1, -0.05) is 35.1 Å². The zero-order valence-corrected chi connectivity index (χ0v) is 19.5. The van der Waals surface area contributed by atoms with Crippen molar-refractivity contribution in [3.8, 4) is 10.6 Å². The monoisotopic (exact) mass is 517 g/mol. The molecule has 3 aromatic heterocycles. The van der Waals surface area contributed by atoms with Crippen LogP contribution >= 0.6 is 22.9 Å². The summed E-state index contributed by atoms with van der Waals surface area (Å²) in [7, 11) is 1.60. The number of H-pyrrole nitrogens is 1. The lowest BCUT2D eigenvalue weighted by Gasteiger charge is -2.14. The Kier molecular flexibility index (Phi) is 5.77. The van der Waals surface area contributed by atoms with Gasteiger partial charge in [0.1, 0.15) is 10.0 Å². The Morgan fingerprint density at radius 2 is 2.03 bits per heavy atom. The third-order valence-electron chi connectivity index (χ3n) is 5.23. The number of aromatic amines is 1. The van der Waals surface area contributed by atoms with E-state index in [9.17, 15) is 18.0 Å². The summed E-state index contributed by atoms with van der Waals surface area (Å²) < 4.78 is 42.2. The van der Waals surface area contributed by atoms with Gasteiger partial charge in [0.25, 0.3) is 5.91 Å². The van der Waals surface area contributed by atoms with Gasteiger partial charge in [0.15, 0.2) is 0 Å². The Balaban J connectivity index is 1.44. The number of hydrogen-bond acceptors (Lipinski definition) is 6. The minimum atomic E-state index is -4.66. The van der Waals surface area contributed by atoms with Crippen LogP contribution in [0.3, 0.4) is 0 Å². The number of alkyl halides is 3. The van der Waals surface area contributed by atoms with E-state index in [1.54, 1.807) is 13.2 Å². The molecule has 5 rings (SSSR count). The zero-order chi connectivity index (χ0) is 24.7. The number of hydrogen-bond donors (Lipinski definition) is 2. The second kappa shape index (κ2) is 8.78. The highest BCUT2D eigenvalue weighted by Gasteiger charge is 2.34. The molecule has 3 heterocycles. The third-order valence-corrected chi connectivity index (χ3v) is 6.65. The highest BCUT2D eigenvalue weighted by molar-refractivity contribution is 7.14. The molecule has 2 aromatic carbocycles. The van der Waals surface area contributed by atoms with Crippen molar-refractivity contribution < 1.29 is 18.0 Å². The van der Waals surface area contributed by atoms with Crippen molar-refractivity contribution in [2.75, 3.05) is 5.32 Å². The first-order valence-corrected chi connectivity index (χ1v) is 11.3. The fraction of sp³-hybridized carbons (Fsp3) is 0.136. The van der Waals surface area contributed by atoms with Crippen LogP contribution in [0.15, 0.2) is 48.9 Å². The molecule has 0 fully saturated rings. The highest BCUT2D eigenvalue weighted by atomic mass is 35.5. The Labute approximate surface area is 204 Å². The van der Waals surface area contributed by atoms with Crippen LogP contribution in [-0.4, -0.2) is 36.1 Å². The first-order valence-electron chi connectivity index (χ1n) is 10.1. The van der Waals surface area contributed by atoms with Crippen molar-refractivity contribution in [3.05, 3.63) is 75.6 Å². The van der Waals surface area contributed by atoms with Crippen LogP contribution in [0.25, 0.3) is 21.5 Å². The molecule has 0 radical (unpaired) electrons. The SMILES string of the molecule is Cn1cc(C(=O)Nc2cc(-c3nnc(Cc4ccc5[nH]ncc5c4Cl)s3)ccc2C(F)(F)F)cn1. The lowest BCUT2D eigenvalue weighted by Crippen LogP contribution is -2.16. The van der Waals surface area contributed by atoms with E-state index in [2.05, 4.69) is 30.8 Å². The first kappa shape index (κ1) is 23.0. The number of amides is 1. The summed E-state index contributed by atoms with van der Waals surface area (Å²) in [4.78, 5) is 12.5. The topological polar surface area (TPSA) is 101 Å². The number of fused-ring (bicyclic) bond motifs is 1. The molecule has 0 bridgehead atoms. The summed E-state index contributed by atoms with van der Waals surface area (Å²) >= 11 is 7.71. The molecule has 8 nitrogen and oxygen atoms in total. The standard InChI is InChI=1S/C22H15ClF3N7OS/c1-33-10-13(8-28-33)20(34)29-17-6-12(2-4-15(17)22(24,25)26)21-32-31-18(35-21)7-11-3-5-16-14(19(11)23)9-27-30-16/h2-6,8-10H,7H2,1H3,(H,27,30)(H,29,34). The number of aromatic nitrogens is 6. The van der Waals surface area contributed by atoms with Gasteiger partial charge in [-0.05, 0) is 23.8 Å². The summed E-state index contributed by atoms with van der Waals surface area (Å²) in [5, 5.41) is 23.7. The molecule has 0 unspecified atom stereocenters. The first-order chi connectivity index (χ1) is 16.7. The fourth-order valence-corrected chi connectivity index (χ4v) is 4.67. The maximum absolute atomic E-state index is 13.6. The van der Waals surface area contributed by atoms with Crippen molar-refractivity contribution in [2.45, 2.75) is 12.6 Å².